The largest absolute Gasteiger partial charge is 0.459 e. The van der Waals surface area contributed by atoms with Crippen LogP contribution in [0.15, 0.2) is 12.2 Å². The van der Waals surface area contributed by atoms with E-state index in [0.717, 1.165) is 19.3 Å². The Morgan fingerprint density at radius 2 is 2.50 bits per heavy atom. The number of carbonyl (C=O) groups excluding carboxylic acids is 1. The van der Waals surface area contributed by atoms with Crippen LogP contribution < -0.4 is 0 Å². The summed E-state index contributed by atoms with van der Waals surface area (Å²) in [6.45, 7) is 0. The van der Waals surface area contributed by atoms with E-state index in [4.69, 9.17) is 0 Å². The maximum absolute atomic E-state index is 10.6. The summed E-state index contributed by atoms with van der Waals surface area (Å²) in [5.74, 6) is 5.10. The van der Waals surface area contributed by atoms with Gasteiger partial charge in [0.15, 0.2) is 0 Å². The molecule has 1 aliphatic carbocycles. The van der Waals surface area contributed by atoms with E-state index in [1.807, 2.05) is 0 Å². The molecule has 2 heteroatoms. The van der Waals surface area contributed by atoms with Crippen molar-refractivity contribution in [2.45, 2.75) is 19.3 Å². The number of allylic oxidation sites excluding steroid dienone is 2. The Morgan fingerprint density at radius 3 is 3.08 bits per heavy atom. The van der Waals surface area contributed by atoms with E-state index in [1.54, 1.807) is 0 Å². The molecule has 12 heavy (non-hydrogen) atoms. The van der Waals surface area contributed by atoms with Crippen LogP contribution >= 0.6 is 0 Å². The van der Waals surface area contributed by atoms with Gasteiger partial charge in [0.05, 0.1) is 7.11 Å². The number of ether oxygens (including phenoxy) is 1. The second-order valence-electron chi connectivity index (χ2n) is 2.73. The Balaban J connectivity index is 2.46. The topological polar surface area (TPSA) is 26.3 Å². The molecule has 2 nitrogen and oxygen atoms in total. The second-order valence-corrected chi connectivity index (χ2v) is 2.73. The molecule has 1 atom stereocenters. The van der Waals surface area contributed by atoms with Gasteiger partial charge in [-0.05, 0) is 19.3 Å². The molecule has 0 amide bonds. The van der Waals surface area contributed by atoms with Crippen LogP contribution in [0.5, 0.6) is 0 Å². The van der Waals surface area contributed by atoms with Gasteiger partial charge in [-0.3, -0.25) is 0 Å². The van der Waals surface area contributed by atoms with Crippen LogP contribution in [0.1, 0.15) is 19.3 Å². The molecule has 1 aliphatic rings. The predicted molar refractivity (Wildman–Crippen MR) is 46.3 cm³/mol. The molecule has 0 aromatic rings. The van der Waals surface area contributed by atoms with Crippen LogP contribution in [-0.4, -0.2) is 13.1 Å². The van der Waals surface area contributed by atoms with Gasteiger partial charge in [0.2, 0.25) is 0 Å². The highest BCUT2D eigenvalue weighted by atomic mass is 16.5. The van der Waals surface area contributed by atoms with Gasteiger partial charge in [0, 0.05) is 11.8 Å². The molecule has 1 rings (SSSR count). The summed E-state index contributed by atoms with van der Waals surface area (Å²) in [6, 6.07) is 0. The summed E-state index contributed by atoms with van der Waals surface area (Å²) in [5, 5.41) is 0. The highest BCUT2D eigenvalue weighted by Crippen LogP contribution is 2.15. The van der Waals surface area contributed by atoms with E-state index in [-0.39, 0.29) is 5.92 Å². The van der Waals surface area contributed by atoms with E-state index in [9.17, 15) is 4.79 Å². The predicted octanol–water partition coefficient (Wildman–Crippen LogP) is 1.52. The van der Waals surface area contributed by atoms with Crippen molar-refractivity contribution in [3.8, 4) is 11.8 Å². The Kier molecular flexibility index (Phi) is 3.40. The van der Waals surface area contributed by atoms with Crippen molar-refractivity contribution in [3.63, 3.8) is 0 Å². The van der Waals surface area contributed by atoms with Gasteiger partial charge >= 0.3 is 5.97 Å². The lowest BCUT2D eigenvalue weighted by Crippen LogP contribution is -2.00. The molecule has 0 spiro atoms. The maximum Gasteiger partial charge on any atom is 0.384 e. The van der Waals surface area contributed by atoms with Crippen LogP contribution in [0.4, 0.5) is 0 Å². The van der Waals surface area contributed by atoms with Gasteiger partial charge in [-0.15, -0.1) is 0 Å². The fourth-order valence-electron chi connectivity index (χ4n) is 1.14. The Morgan fingerprint density at radius 1 is 1.67 bits per heavy atom. The highest BCUT2D eigenvalue weighted by molar-refractivity contribution is 5.88. The molecule has 0 heterocycles. The molecule has 0 fully saturated rings. The molecule has 0 bridgehead atoms. The summed E-state index contributed by atoms with van der Waals surface area (Å²) in [6.07, 6.45) is 7.52. The number of hydrogen-bond acceptors (Lipinski definition) is 2. The van der Waals surface area contributed by atoms with E-state index in [1.165, 1.54) is 7.11 Å². The van der Waals surface area contributed by atoms with Crippen LogP contribution in [-0.2, 0) is 9.53 Å². The number of rotatable bonds is 0. The third-order valence-corrected chi connectivity index (χ3v) is 1.80. The average Bonchev–Trinajstić information content (AvgIpc) is 2.16. The van der Waals surface area contributed by atoms with Crippen molar-refractivity contribution in [1.82, 2.24) is 0 Å². The summed E-state index contributed by atoms with van der Waals surface area (Å²) < 4.78 is 4.40. The number of hydrogen-bond donors (Lipinski definition) is 0. The highest BCUT2D eigenvalue weighted by Gasteiger charge is 2.04. The van der Waals surface area contributed by atoms with Crippen molar-refractivity contribution in [3.05, 3.63) is 12.2 Å². The lowest BCUT2D eigenvalue weighted by Gasteiger charge is -2.08. The summed E-state index contributed by atoms with van der Waals surface area (Å²) >= 11 is 0. The molecule has 0 aliphatic heterocycles. The average molecular weight is 164 g/mol. The zero-order valence-electron chi connectivity index (χ0n) is 7.17. The normalized spacial score (nSPS) is 20.9. The quantitative estimate of drug-likeness (QED) is 0.235. The first kappa shape index (κ1) is 8.86. The molecule has 0 saturated heterocycles. The number of methoxy groups -OCH3 is 1. The van der Waals surface area contributed by atoms with Gasteiger partial charge in [-0.2, -0.15) is 0 Å². The van der Waals surface area contributed by atoms with Gasteiger partial charge < -0.3 is 4.74 Å². The number of carbonyl (C=O) groups is 1. The molecule has 0 aromatic carbocycles. The molecule has 0 aromatic heterocycles. The first-order chi connectivity index (χ1) is 5.83. The molecule has 1 unspecified atom stereocenters. The number of esters is 1. The lowest BCUT2D eigenvalue weighted by atomic mass is 9.97. The monoisotopic (exact) mass is 164 g/mol. The van der Waals surface area contributed by atoms with Crippen LogP contribution in [0, 0.1) is 17.8 Å². The minimum Gasteiger partial charge on any atom is -0.459 e. The van der Waals surface area contributed by atoms with Gasteiger partial charge in [-0.1, -0.05) is 18.1 Å². The van der Waals surface area contributed by atoms with Crippen molar-refractivity contribution in [1.29, 1.82) is 0 Å². The SMILES string of the molecule is COC(=O)C#CC1C=CCCC1. The Hall–Kier alpha value is -1.23. The Labute approximate surface area is 72.6 Å². The summed E-state index contributed by atoms with van der Waals surface area (Å²) in [7, 11) is 1.34. The van der Waals surface area contributed by atoms with E-state index in [0.29, 0.717) is 0 Å². The van der Waals surface area contributed by atoms with Crippen molar-refractivity contribution in [2.75, 3.05) is 7.11 Å². The molecular weight excluding hydrogens is 152 g/mol. The molecule has 64 valence electrons. The van der Waals surface area contributed by atoms with Gasteiger partial charge in [0.1, 0.15) is 0 Å². The minimum atomic E-state index is -0.450. The molecule has 0 N–H and O–H groups in total. The van der Waals surface area contributed by atoms with Gasteiger partial charge in [0.25, 0.3) is 0 Å². The fraction of sp³-hybridized carbons (Fsp3) is 0.500. The third-order valence-electron chi connectivity index (χ3n) is 1.80. The second kappa shape index (κ2) is 4.61. The third kappa shape index (κ3) is 2.79. The maximum atomic E-state index is 10.6. The van der Waals surface area contributed by atoms with Gasteiger partial charge in [-0.25, -0.2) is 4.79 Å². The van der Waals surface area contributed by atoms with E-state index < -0.39 is 5.97 Å². The lowest BCUT2D eigenvalue weighted by molar-refractivity contribution is -0.133. The Bertz CT molecular complexity index is 242. The first-order valence-corrected chi connectivity index (χ1v) is 4.09. The molecule has 0 radical (unpaired) electrons. The fourth-order valence-corrected chi connectivity index (χ4v) is 1.14. The minimum absolute atomic E-state index is 0.248. The van der Waals surface area contributed by atoms with Crippen molar-refractivity contribution in [2.24, 2.45) is 5.92 Å². The van der Waals surface area contributed by atoms with Crippen LogP contribution in [0.25, 0.3) is 0 Å². The van der Waals surface area contributed by atoms with E-state index >= 15 is 0 Å². The molecular formula is C10H12O2. The van der Waals surface area contributed by atoms with Crippen molar-refractivity contribution < 1.29 is 9.53 Å². The standard InChI is InChI=1S/C10H12O2/c1-12-10(11)8-7-9-5-3-2-4-6-9/h3,5,9H,2,4,6H2,1H3. The van der Waals surface area contributed by atoms with Crippen LogP contribution in [0.3, 0.4) is 0 Å². The smallest absolute Gasteiger partial charge is 0.384 e. The van der Waals surface area contributed by atoms with Crippen LogP contribution in [0.2, 0.25) is 0 Å². The first-order valence-electron chi connectivity index (χ1n) is 4.09. The summed E-state index contributed by atoms with van der Waals surface area (Å²) in [4.78, 5) is 10.6. The van der Waals surface area contributed by atoms with Crippen molar-refractivity contribution >= 4 is 5.97 Å². The summed E-state index contributed by atoms with van der Waals surface area (Å²) in [5.41, 5.74) is 0. The zero-order chi connectivity index (χ0) is 8.81. The molecule has 0 saturated carbocycles. The zero-order valence-corrected chi connectivity index (χ0v) is 7.17. The van der Waals surface area contributed by atoms with E-state index in [2.05, 4.69) is 28.7 Å².